The van der Waals surface area contributed by atoms with E-state index in [1.165, 1.54) is 5.69 Å². The lowest BCUT2D eigenvalue weighted by Gasteiger charge is -2.38. The summed E-state index contributed by atoms with van der Waals surface area (Å²) in [5.41, 5.74) is 9.13. The van der Waals surface area contributed by atoms with Gasteiger partial charge in [0.15, 0.2) is 0 Å². The van der Waals surface area contributed by atoms with E-state index < -0.39 is 0 Å². The normalized spacial score (nSPS) is 30.3. The third-order valence-electron chi connectivity index (χ3n) is 3.15. The van der Waals surface area contributed by atoms with Gasteiger partial charge in [-0.2, -0.15) is 0 Å². The lowest BCUT2D eigenvalue weighted by Crippen LogP contribution is -2.47. The fourth-order valence-electron chi connectivity index (χ4n) is 2.37. The van der Waals surface area contributed by atoms with E-state index in [0.29, 0.717) is 18.0 Å². The fraction of sp³-hybridized carbons (Fsp3) is 0.727. The van der Waals surface area contributed by atoms with Crippen molar-refractivity contribution in [1.29, 1.82) is 0 Å². The van der Waals surface area contributed by atoms with Gasteiger partial charge in [0.05, 0.1) is 17.2 Å². The Morgan fingerprint density at radius 2 is 2.40 bits per heavy atom. The Kier molecular flexibility index (Phi) is 3.38. The summed E-state index contributed by atoms with van der Waals surface area (Å²) in [4.78, 5) is 6.83. The number of piperidine rings is 1. The number of rotatable bonds is 2. The second kappa shape index (κ2) is 4.60. The zero-order chi connectivity index (χ0) is 10.8. The van der Waals surface area contributed by atoms with E-state index in [1.807, 2.05) is 5.51 Å². The molecule has 0 aromatic carbocycles. The van der Waals surface area contributed by atoms with Crippen LogP contribution in [0.1, 0.15) is 32.0 Å². The maximum absolute atomic E-state index is 6.05. The highest BCUT2D eigenvalue weighted by atomic mass is 32.1. The number of hydrogen-bond acceptors (Lipinski definition) is 4. The fourth-order valence-corrected chi connectivity index (χ4v) is 3.01. The molecule has 2 heterocycles. The summed E-state index contributed by atoms with van der Waals surface area (Å²) >= 11 is 1.66. The molecule has 1 aliphatic heterocycles. The molecule has 84 valence electrons. The Bertz CT molecular complexity index is 289. The highest BCUT2D eigenvalue weighted by Gasteiger charge is 2.26. The van der Waals surface area contributed by atoms with Crippen LogP contribution in [0.3, 0.4) is 0 Å². The van der Waals surface area contributed by atoms with E-state index in [1.54, 1.807) is 11.3 Å². The molecule has 0 saturated carbocycles. The van der Waals surface area contributed by atoms with Gasteiger partial charge in [-0.3, -0.25) is 4.90 Å². The standard InChI is InChI=1S/C11H19N3S/c1-8-3-10(12)5-14(4-8)9(2)11-6-15-7-13-11/h6-10H,3-5,12H2,1-2H3. The van der Waals surface area contributed by atoms with Crippen molar-refractivity contribution in [3.05, 3.63) is 16.6 Å². The van der Waals surface area contributed by atoms with E-state index in [4.69, 9.17) is 5.73 Å². The van der Waals surface area contributed by atoms with Crippen molar-refractivity contribution >= 4 is 11.3 Å². The van der Waals surface area contributed by atoms with Gasteiger partial charge in [0.25, 0.3) is 0 Å². The number of aromatic nitrogens is 1. The van der Waals surface area contributed by atoms with Gasteiger partial charge in [-0.25, -0.2) is 4.98 Å². The summed E-state index contributed by atoms with van der Waals surface area (Å²) < 4.78 is 0. The van der Waals surface area contributed by atoms with Crippen LogP contribution in [0.25, 0.3) is 0 Å². The average molecular weight is 225 g/mol. The molecule has 0 aliphatic carbocycles. The first-order valence-electron chi connectivity index (χ1n) is 5.54. The minimum absolute atomic E-state index is 0.329. The molecule has 1 aromatic rings. The molecule has 3 nitrogen and oxygen atoms in total. The average Bonchev–Trinajstić information content (AvgIpc) is 2.67. The molecule has 15 heavy (non-hydrogen) atoms. The number of hydrogen-bond donors (Lipinski definition) is 1. The molecule has 3 atom stereocenters. The molecule has 0 amide bonds. The Labute approximate surface area is 95.3 Å². The summed E-state index contributed by atoms with van der Waals surface area (Å²) in [6, 6.07) is 0.736. The van der Waals surface area contributed by atoms with Crippen LogP contribution in [0, 0.1) is 5.92 Å². The molecule has 2 N–H and O–H groups in total. The highest BCUT2D eigenvalue weighted by molar-refractivity contribution is 7.07. The van der Waals surface area contributed by atoms with Crippen molar-refractivity contribution in [3.63, 3.8) is 0 Å². The Hall–Kier alpha value is -0.450. The number of thiazole rings is 1. The number of nitrogens with two attached hydrogens (primary N) is 1. The maximum Gasteiger partial charge on any atom is 0.0795 e. The topological polar surface area (TPSA) is 42.1 Å². The van der Waals surface area contributed by atoms with Gasteiger partial charge in [0, 0.05) is 24.5 Å². The molecule has 3 unspecified atom stereocenters. The zero-order valence-electron chi connectivity index (χ0n) is 9.39. The molecule has 4 heteroatoms. The second-order valence-electron chi connectivity index (χ2n) is 4.64. The smallest absolute Gasteiger partial charge is 0.0795 e. The van der Waals surface area contributed by atoms with Crippen LogP contribution in [0.5, 0.6) is 0 Å². The second-order valence-corrected chi connectivity index (χ2v) is 5.36. The summed E-state index contributed by atoms with van der Waals surface area (Å²) in [5.74, 6) is 0.704. The predicted molar refractivity (Wildman–Crippen MR) is 63.9 cm³/mol. The zero-order valence-corrected chi connectivity index (χ0v) is 10.2. The summed E-state index contributed by atoms with van der Waals surface area (Å²) in [7, 11) is 0. The first-order valence-corrected chi connectivity index (χ1v) is 6.49. The van der Waals surface area contributed by atoms with Gasteiger partial charge in [-0.15, -0.1) is 11.3 Å². The summed E-state index contributed by atoms with van der Waals surface area (Å²) in [6.45, 7) is 6.65. The first kappa shape index (κ1) is 11.0. The van der Waals surface area contributed by atoms with Crippen LogP contribution >= 0.6 is 11.3 Å². The third kappa shape index (κ3) is 2.56. The van der Waals surface area contributed by atoms with E-state index >= 15 is 0 Å². The molecule has 1 saturated heterocycles. The van der Waals surface area contributed by atoms with Crippen molar-refractivity contribution in [2.24, 2.45) is 11.7 Å². The monoisotopic (exact) mass is 225 g/mol. The van der Waals surface area contributed by atoms with Crippen LogP contribution in [0.4, 0.5) is 0 Å². The van der Waals surface area contributed by atoms with E-state index in [2.05, 4.69) is 29.1 Å². The van der Waals surface area contributed by atoms with Crippen LogP contribution in [0.2, 0.25) is 0 Å². The Morgan fingerprint density at radius 3 is 3.00 bits per heavy atom. The number of nitrogens with zero attached hydrogens (tertiary/aromatic N) is 2. The highest BCUT2D eigenvalue weighted by Crippen LogP contribution is 2.25. The molecule has 1 fully saturated rings. The summed E-state index contributed by atoms with van der Waals surface area (Å²) in [5, 5.41) is 2.13. The van der Waals surface area contributed by atoms with Crippen LogP contribution in [0.15, 0.2) is 10.9 Å². The molecule has 2 rings (SSSR count). The van der Waals surface area contributed by atoms with Crippen LogP contribution in [-0.2, 0) is 0 Å². The molecular formula is C11H19N3S. The SMILES string of the molecule is CC1CC(N)CN(C(C)c2cscn2)C1. The van der Waals surface area contributed by atoms with Crippen molar-refractivity contribution in [3.8, 4) is 0 Å². The Morgan fingerprint density at radius 1 is 1.60 bits per heavy atom. The molecule has 0 radical (unpaired) electrons. The van der Waals surface area contributed by atoms with Gasteiger partial charge < -0.3 is 5.73 Å². The minimum atomic E-state index is 0.329. The lowest BCUT2D eigenvalue weighted by molar-refractivity contribution is 0.122. The van der Waals surface area contributed by atoms with Gasteiger partial charge in [0.2, 0.25) is 0 Å². The van der Waals surface area contributed by atoms with E-state index in [9.17, 15) is 0 Å². The van der Waals surface area contributed by atoms with E-state index in [0.717, 1.165) is 19.5 Å². The van der Waals surface area contributed by atoms with Gasteiger partial charge in [-0.05, 0) is 19.3 Å². The van der Waals surface area contributed by atoms with Crippen molar-refractivity contribution in [2.75, 3.05) is 13.1 Å². The largest absolute Gasteiger partial charge is 0.327 e. The maximum atomic E-state index is 6.05. The molecule has 0 spiro atoms. The summed E-state index contributed by atoms with van der Waals surface area (Å²) in [6.07, 6.45) is 1.15. The Balaban J connectivity index is 2.03. The van der Waals surface area contributed by atoms with E-state index in [-0.39, 0.29) is 0 Å². The van der Waals surface area contributed by atoms with Gasteiger partial charge in [0.1, 0.15) is 0 Å². The van der Waals surface area contributed by atoms with Crippen molar-refractivity contribution < 1.29 is 0 Å². The molecular weight excluding hydrogens is 206 g/mol. The molecule has 1 aliphatic rings. The van der Waals surface area contributed by atoms with Crippen LogP contribution < -0.4 is 5.73 Å². The van der Waals surface area contributed by atoms with Crippen LogP contribution in [-0.4, -0.2) is 29.0 Å². The van der Waals surface area contributed by atoms with Gasteiger partial charge >= 0.3 is 0 Å². The van der Waals surface area contributed by atoms with Crippen molar-refractivity contribution in [2.45, 2.75) is 32.4 Å². The minimum Gasteiger partial charge on any atom is -0.327 e. The number of likely N-dealkylation sites (tertiary alicyclic amines) is 1. The third-order valence-corrected chi connectivity index (χ3v) is 3.75. The van der Waals surface area contributed by atoms with Crippen molar-refractivity contribution in [1.82, 2.24) is 9.88 Å². The molecule has 1 aromatic heterocycles. The molecule has 0 bridgehead atoms. The quantitative estimate of drug-likeness (QED) is 0.835. The van der Waals surface area contributed by atoms with Gasteiger partial charge in [-0.1, -0.05) is 6.92 Å². The lowest BCUT2D eigenvalue weighted by atomic mass is 9.95. The predicted octanol–water partition coefficient (Wildman–Crippen LogP) is 1.87. The first-order chi connectivity index (χ1) is 7.16.